The van der Waals surface area contributed by atoms with Crippen molar-refractivity contribution >= 4 is 23.1 Å². The molecule has 2 N–H and O–H groups in total. The molecule has 0 fully saturated rings. The van der Waals surface area contributed by atoms with E-state index < -0.39 is 35.4 Å². The van der Waals surface area contributed by atoms with E-state index in [2.05, 4.69) is 0 Å². The van der Waals surface area contributed by atoms with Gasteiger partial charge in [0.2, 0.25) is 0 Å². The van der Waals surface area contributed by atoms with Gasteiger partial charge in [-0.1, -0.05) is 48.5 Å². The van der Waals surface area contributed by atoms with Crippen LogP contribution in [0.2, 0.25) is 0 Å². The molecule has 2 aromatic rings. The maximum Gasteiger partial charge on any atom is 0.454 e. The molecular formula is C20H12F6O4. The van der Waals surface area contributed by atoms with Crippen LogP contribution in [-0.2, 0) is 9.59 Å². The molecule has 0 saturated carbocycles. The van der Waals surface area contributed by atoms with Crippen LogP contribution in [0.3, 0.4) is 0 Å². The average molecular weight is 430 g/mol. The molecule has 158 valence electrons. The van der Waals surface area contributed by atoms with Crippen molar-refractivity contribution in [1.82, 2.24) is 0 Å². The molecule has 0 aliphatic rings. The summed E-state index contributed by atoms with van der Waals surface area (Å²) in [6.07, 6.45) is -10.1. The highest BCUT2D eigenvalue weighted by molar-refractivity contribution is 5.99. The Bertz CT molecular complexity index is 914. The number of halogens is 6. The Morgan fingerprint density at radius 2 is 0.867 bits per heavy atom. The van der Waals surface area contributed by atoms with E-state index in [1.165, 1.54) is 48.5 Å². The van der Waals surface area contributed by atoms with E-state index in [-0.39, 0.29) is 23.3 Å². The number of allylic oxidation sites excluding steroid dienone is 2. The summed E-state index contributed by atoms with van der Waals surface area (Å²) in [4.78, 5) is 21.8. The van der Waals surface area contributed by atoms with Crippen molar-refractivity contribution < 1.29 is 46.1 Å². The Hall–Kier alpha value is -3.56. The van der Waals surface area contributed by atoms with Gasteiger partial charge in [0.15, 0.2) is 0 Å². The first-order valence-corrected chi connectivity index (χ1v) is 8.04. The standard InChI is InChI=1S/C20H12F6O4/c21-19(22,23)17(29)9-15(27)13-5-1-11(2-6-13)12-3-7-14(8-4-12)16(28)10-18(30)20(24,25)26/h1-10,27-28H/b15-9-,16-10+. The Labute approximate surface area is 165 Å². The van der Waals surface area contributed by atoms with Crippen LogP contribution in [0.4, 0.5) is 26.3 Å². The van der Waals surface area contributed by atoms with Gasteiger partial charge in [-0.25, -0.2) is 0 Å². The largest absolute Gasteiger partial charge is 0.507 e. The normalized spacial score (nSPS) is 13.3. The van der Waals surface area contributed by atoms with Crippen LogP contribution in [-0.4, -0.2) is 34.1 Å². The maximum atomic E-state index is 12.2. The lowest BCUT2D eigenvalue weighted by Crippen LogP contribution is -2.20. The fourth-order valence-electron chi connectivity index (χ4n) is 2.25. The van der Waals surface area contributed by atoms with Gasteiger partial charge in [-0.3, -0.25) is 9.59 Å². The van der Waals surface area contributed by atoms with E-state index >= 15 is 0 Å². The highest BCUT2D eigenvalue weighted by Crippen LogP contribution is 2.25. The van der Waals surface area contributed by atoms with Crippen molar-refractivity contribution in [3.8, 4) is 11.1 Å². The van der Waals surface area contributed by atoms with Crippen molar-refractivity contribution in [3.05, 3.63) is 71.8 Å². The van der Waals surface area contributed by atoms with Crippen LogP contribution >= 0.6 is 0 Å². The van der Waals surface area contributed by atoms with E-state index in [0.717, 1.165) is 0 Å². The summed E-state index contributed by atoms with van der Waals surface area (Å²) in [7, 11) is 0. The molecule has 0 atom stereocenters. The second-order valence-electron chi connectivity index (χ2n) is 5.94. The summed E-state index contributed by atoms with van der Waals surface area (Å²) in [6.45, 7) is 0. The predicted molar refractivity (Wildman–Crippen MR) is 95.2 cm³/mol. The lowest BCUT2D eigenvalue weighted by molar-refractivity contribution is -0.165. The predicted octanol–water partition coefficient (Wildman–Crippen LogP) is 5.41. The molecule has 0 unspecified atom stereocenters. The van der Waals surface area contributed by atoms with Gasteiger partial charge in [-0.2, -0.15) is 26.3 Å². The van der Waals surface area contributed by atoms with Crippen molar-refractivity contribution in [1.29, 1.82) is 0 Å². The van der Waals surface area contributed by atoms with Gasteiger partial charge in [0.1, 0.15) is 11.5 Å². The van der Waals surface area contributed by atoms with Crippen molar-refractivity contribution in [2.24, 2.45) is 0 Å². The molecule has 0 bridgehead atoms. The third-order valence-electron chi connectivity index (χ3n) is 3.79. The van der Waals surface area contributed by atoms with E-state index in [1.54, 1.807) is 0 Å². The Balaban J connectivity index is 2.20. The number of alkyl halides is 6. The number of aliphatic hydroxyl groups excluding tert-OH is 2. The minimum Gasteiger partial charge on any atom is -0.507 e. The minimum atomic E-state index is -5.11. The first kappa shape index (κ1) is 22.7. The molecule has 4 nitrogen and oxygen atoms in total. The van der Waals surface area contributed by atoms with Crippen molar-refractivity contribution in [3.63, 3.8) is 0 Å². The summed E-state index contributed by atoms with van der Waals surface area (Å²) in [5.41, 5.74) is 0.962. The number of hydrogen-bond acceptors (Lipinski definition) is 4. The molecule has 0 aromatic heterocycles. The van der Waals surface area contributed by atoms with E-state index in [9.17, 15) is 46.1 Å². The molecule has 0 heterocycles. The average Bonchev–Trinajstić information content (AvgIpc) is 2.66. The van der Waals surface area contributed by atoms with Crippen LogP contribution in [0.5, 0.6) is 0 Å². The molecule has 2 rings (SSSR count). The molecule has 10 heteroatoms. The monoisotopic (exact) mass is 430 g/mol. The van der Waals surface area contributed by atoms with E-state index in [1.807, 2.05) is 0 Å². The number of benzene rings is 2. The molecule has 0 aliphatic heterocycles. The van der Waals surface area contributed by atoms with Crippen LogP contribution in [0.1, 0.15) is 11.1 Å². The van der Waals surface area contributed by atoms with Crippen LogP contribution in [0, 0.1) is 0 Å². The quantitative estimate of drug-likeness (QED) is 0.378. The molecule has 2 aromatic carbocycles. The van der Waals surface area contributed by atoms with Gasteiger partial charge in [-0.15, -0.1) is 0 Å². The summed E-state index contributed by atoms with van der Waals surface area (Å²) in [5, 5.41) is 19.3. The smallest absolute Gasteiger partial charge is 0.454 e. The van der Waals surface area contributed by atoms with Gasteiger partial charge in [-0.05, 0) is 11.1 Å². The number of aliphatic hydroxyl groups is 2. The lowest BCUT2D eigenvalue weighted by atomic mass is 10.0. The van der Waals surface area contributed by atoms with Crippen LogP contribution in [0.15, 0.2) is 60.7 Å². The minimum absolute atomic E-state index is 0.0424. The number of ketones is 2. The molecule has 30 heavy (non-hydrogen) atoms. The zero-order valence-corrected chi connectivity index (χ0v) is 14.8. The third kappa shape index (κ3) is 5.72. The Kier molecular flexibility index (Phi) is 6.39. The van der Waals surface area contributed by atoms with Gasteiger partial charge in [0.05, 0.1) is 0 Å². The third-order valence-corrected chi connectivity index (χ3v) is 3.79. The maximum absolute atomic E-state index is 12.2. The second kappa shape index (κ2) is 8.44. The first-order valence-electron chi connectivity index (χ1n) is 8.04. The Morgan fingerprint density at radius 3 is 1.10 bits per heavy atom. The molecule has 0 radical (unpaired) electrons. The highest BCUT2D eigenvalue weighted by atomic mass is 19.4. The molecule has 0 spiro atoms. The van der Waals surface area contributed by atoms with Crippen LogP contribution in [0.25, 0.3) is 22.6 Å². The van der Waals surface area contributed by atoms with Crippen LogP contribution < -0.4 is 0 Å². The summed E-state index contributed by atoms with van der Waals surface area (Å²) >= 11 is 0. The SMILES string of the molecule is O=C(/C=C(\O)c1ccc(-c2ccc(/C(O)=C\C(=O)C(F)(F)F)cc2)cc1)C(F)(F)F. The van der Waals surface area contributed by atoms with Gasteiger partial charge in [0.25, 0.3) is 11.6 Å². The first-order chi connectivity index (χ1) is 13.8. The number of carbonyl (C=O) groups is 2. The molecule has 0 saturated heterocycles. The van der Waals surface area contributed by atoms with Gasteiger partial charge < -0.3 is 10.2 Å². The molecule has 0 amide bonds. The number of hydrogen-bond donors (Lipinski definition) is 2. The lowest BCUT2D eigenvalue weighted by Gasteiger charge is -2.07. The summed E-state index contributed by atoms with van der Waals surface area (Å²) < 4.78 is 73.4. The fraction of sp³-hybridized carbons (Fsp3) is 0.100. The zero-order chi connectivity index (χ0) is 22.7. The topological polar surface area (TPSA) is 74.6 Å². The van der Waals surface area contributed by atoms with Crippen molar-refractivity contribution in [2.75, 3.05) is 0 Å². The van der Waals surface area contributed by atoms with E-state index in [4.69, 9.17) is 0 Å². The molecule has 0 aliphatic carbocycles. The zero-order valence-electron chi connectivity index (χ0n) is 14.8. The Morgan fingerprint density at radius 1 is 0.600 bits per heavy atom. The van der Waals surface area contributed by atoms with E-state index in [0.29, 0.717) is 11.1 Å². The number of carbonyl (C=O) groups excluding carboxylic acids is 2. The molecular weight excluding hydrogens is 418 g/mol. The number of rotatable bonds is 5. The highest BCUT2D eigenvalue weighted by Gasteiger charge is 2.37. The van der Waals surface area contributed by atoms with Gasteiger partial charge >= 0.3 is 12.4 Å². The fourth-order valence-corrected chi connectivity index (χ4v) is 2.25. The summed E-state index contributed by atoms with van der Waals surface area (Å²) in [5.74, 6) is -6.17. The second-order valence-corrected chi connectivity index (χ2v) is 5.94. The summed E-state index contributed by atoms with van der Waals surface area (Å²) in [6, 6.07) is 10.8. The van der Waals surface area contributed by atoms with Gasteiger partial charge in [0, 0.05) is 23.3 Å². The van der Waals surface area contributed by atoms with Crippen molar-refractivity contribution in [2.45, 2.75) is 12.4 Å².